The number of amides is 1. The number of H-pyrrole nitrogens is 1. The summed E-state index contributed by atoms with van der Waals surface area (Å²) in [7, 11) is 0. The van der Waals surface area contributed by atoms with Crippen LogP contribution in [0.3, 0.4) is 0 Å². The molecule has 1 aromatic rings. The van der Waals surface area contributed by atoms with Crippen molar-refractivity contribution in [3.8, 4) is 0 Å². The van der Waals surface area contributed by atoms with E-state index in [0.29, 0.717) is 12.1 Å². The number of nitrogens with one attached hydrogen (secondary N) is 2. The molecule has 2 rings (SSSR count). The van der Waals surface area contributed by atoms with Crippen molar-refractivity contribution in [2.45, 2.75) is 19.4 Å². The van der Waals surface area contributed by atoms with Crippen molar-refractivity contribution in [1.82, 2.24) is 10.2 Å². The maximum atomic E-state index is 11.5. The van der Waals surface area contributed by atoms with Crippen LogP contribution < -0.4 is 5.32 Å². The van der Waals surface area contributed by atoms with E-state index in [9.17, 15) is 14.9 Å². The van der Waals surface area contributed by atoms with Gasteiger partial charge in [-0.25, -0.2) is 0 Å². The molecule has 0 saturated heterocycles. The standard InChI is InChI=1S/C8H10N4O3/c1-4-6(3-9-11-4)10-8(13)5-2-7(5)12(14)15/h3,5,7H,2H2,1H3,(H,9,11)(H,10,13)/t5-,7+/m0/s1. The van der Waals surface area contributed by atoms with Crippen LogP contribution in [0.15, 0.2) is 6.20 Å². The lowest BCUT2D eigenvalue weighted by atomic mass is 10.3. The van der Waals surface area contributed by atoms with Crippen LogP contribution in [0.25, 0.3) is 0 Å². The zero-order valence-corrected chi connectivity index (χ0v) is 8.06. The number of carbonyl (C=O) groups excluding carboxylic acids is 1. The molecule has 2 N–H and O–H groups in total. The molecule has 0 aromatic carbocycles. The second-order valence-corrected chi connectivity index (χ2v) is 3.59. The van der Waals surface area contributed by atoms with Crippen LogP contribution >= 0.6 is 0 Å². The molecule has 0 spiro atoms. The van der Waals surface area contributed by atoms with Crippen molar-refractivity contribution in [3.05, 3.63) is 22.0 Å². The fourth-order valence-electron chi connectivity index (χ4n) is 1.40. The Morgan fingerprint density at radius 3 is 3.00 bits per heavy atom. The number of nitrogens with zero attached hydrogens (tertiary/aromatic N) is 2. The van der Waals surface area contributed by atoms with Crippen LogP contribution in [0.1, 0.15) is 12.1 Å². The van der Waals surface area contributed by atoms with Gasteiger partial charge in [0.2, 0.25) is 11.9 Å². The molecular formula is C8H10N4O3. The Hall–Kier alpha value is -1.92. The van der Waals surface area contributed by atoms with Crippen molar-refractivity contribution in [1.29, 1.82) is 0 Å². The molecule has 1 aromatic heterocycles. The summed E-state index contributed by atoms with van der Waals surface area (Å²) in [4.78, 5) is 21.4. The summed E-state index contributed by atoms with van der Waals surface area (Å²) >= 11 is 0. The van der Waals surface area contributed by atoms with Gasteiger partial charge in [-0.15, -0.1) is 0 Å². The molecule has 2 atom stereocenters. The van der Waals surface area contributed by atoms with Crippen molar-refractivity contribution in [2.75, 3.05) is 5.32 Å². The Morgan fingerprint density at radius 1 is 1.80 bits per heavy atom. The highest BCUT2D eigenvalue weighted by Crippen LogP contribution is 2.34. The van der Waals surface area contributed by atoms with E-state index in [4.69, 9.17) is 0 Å². The minimum atomic E-state index is -0.711. The quantitative estimate of drug-likeness (QED) is 0.554. The van der Waals surface area contributed by atoms with Gasteiger partial charge in [0, 0.05) is 11.3 Å². The highest BCUT2D eigenvalue weighted by molar-refractivity contribution is 5.95. The molecule has 7 heteroatoms. The van der Waals surface area contributed by atoms with Crippen LogP contribution in [-0.4, -0.2) is 27.1 Å². The van der Waals surface area contributed by atoms with E-state index in [1.54, 1.807) is 6.92 Å². The number of anilines is 1. The van der Waals surface area contributed by atoms with Gasteiger partial charge in [0.15, 0.2) is 0 Å². The van der Waals surface area contributed by atoms with E-state index in [0.717, 1.165) is 5.69 Å². The van der Waals surface area contributed by atoms with E-state index >= 15 is 0 Å². The fraction of sp³-hybridized carbons (Fsp3) is 0.500. The number of aromatic nitrogens is 2. The van der Waals surface area contributed by atoms with Gasteiger partial charge in [0.1, 0.15) is 5.92 Å². The van der Waals surface area contributed by atoms with E-state index in [1.807, 2.05) is 0 Å². The molecular weight excluding hydrogens is 200 g/mol. The van der Waals surface area contributed by atoms with Crippen LogP contribution in [0.4, 0.5) is 5.69 Å². The van der Waals surface area contributed by atoms with Gasteiger partial charge in [-0.05, 0) is 6.92 Å². The Balaban J connectivity index is 1.95. The molecule has 0 aliphatic heterocycles. The first-order valence-corrected chi connectivity index (χ1v) is 4.54. The normalized spacial score (nSPS) is 23.5. The van der Waals surface area contributed by atoms with Crippen molar-refractivity contribution in [2.24, 2.45) is 5.92 Å². The van der Waals surface area contributed by atoms with Gasteiger partial charge in [-0.2, -0.15) is 5.10 Å². The summed E-state index contributed by atoms with van der Waals surface area (Å²) in [6, 6.07) is -0.711. The fourth-order valence-corrected chi connectivity index (χ4v) is 1.40. The number of aromatic amines is 1. The zero-order valence-electron chi connectivity index (χ0n) is 8.06. The lowest BCUT2D eigenvalue weighted by molar-refractivity contribution is -0.497. The summed E-state index contributed by atoms with van der Waals surface area (Å²) < 4.78 is 0. The molecule has 1 fully saturated rings. The van der Waals surface area contributed by atoms with Crippen LogP contribution in [0, 0.1) is 23.0 Å². The largest absolute Gasteiger partial charge is 0.323 e. The predicted octanol–water partition coefficient (Wildman–Crippen LogP) is 0.322. The maximum absolute atomic E-state index is 11.5. The van der Waals surface area contributed by atoms with E-state index in [2.05, 4.69) is 15.5 Å². The van der Waals surface area contributed by atoms with E-state index in [1.165, 1.54) is 6.20 Å². The summed E-state index contributed by atoms with van der Waals surface area (Å²) in [5.41, 5.74) is 1.32. The molecule has 0 radical (unpaired) electrons. The molecule has 0 unspecified atom stereocenters. The lowest BCUT2D eigenvalue weighted by Crippen LogP contribution is -2.18. The van der Waals surface area contributed by atoms with Crippen molar-refractivity contribution >= 4 is 11.6 Å². The summed E-state index contributed by atoms with van der Waals surface area (Å²) in [5, 5.41) is 19.4. The highest BCUT2D eigenvalue weighted by atomic mass is 16.6. The zero-order chi connectivity index (χ0) is 11.0. The Kier molecular flexibility index (Phi) is 2.14. The molecule has 1 heterocycles. The van der Waals surface area contributed by atoms with Gasteiger partial charge in [0.25, 0.3) is 0 Å². The van der Waals surface area contributed by atoms with Crippen LogP contribution in [-0.2, 0) is 4.79 Å². The SMILES string of the molecule is Cc1[nH]ncc1NC(=O)[C@H]1C[C@H]1[N+](=O)[O-]. The molecule has 1 amide bonds. The first kappa shape index (κ1) is 9.63. The van der Waals surface area contributed by atoms with Crippen molar-refractivity contribution < 1.29 is 9.72 Å². The highest BCUT2D eigenvalue weighted by Gasteiger charge is 2.53. The minimum absolute atomic E-state index is 0.304. The third-order valence-electron chi connectivity index (χ3n) is 2.45. The molecule has 1 saturated carbocycles. The third kappa shape index (κ3) is 1.80. The summed E-state index contributed by atoms with van der Waals surface area (Å²) in [6.07, 6.45) is 1.81. The van der Waals surface area contributed by atoms with Gasteiger partial charge >= 0.3 is 0 Å². The molecule has 80 valence electrons. The molecule has 0 bridgehead atoms. The van der Waals surface area contributed by atoms with Gasteiger partial charge in [-0.3, -0.25) is 20.0 Å². The summed E-state index contributed by atoms with van der Waals surface area (Å²) in [6.45, 7) is 1.76. The average Bonchev–Trinajstić information content (AvgIpc) is 2.88. The minimum Gasteiger partial charge on any atom is -0.323 e. The van der Waals surface area contributed by atoms with Crippen molar-refractivity contribution in [3.63, 3.8) is 0 Å². The van der Waals surface area contributed by atoms with E-state index in [-0.39, 0.29) is 5.91 Å². The van der Waals surface area contributed by atoms with Gasteiger partial charge < -0.3 is 5.32 Å². The molecule has 1 aliphatic rings. The number of hydrogen-bond donors (Lipinski definition) is 2. The topological polar surface area (TPSA) is 101 Å². The second-order valence-electron chi connectivity index (χ2n) is 3.59. The number of hydrogen-bond acceptors (Lipinski definition) is 4. The average molecular weight is 210 g/mol. The first-order chi connectivity index (χ1) is 7.09. The molecule has 7 nitrogen and oxygen atoms in total. The Bertz CT molecular complexity index is 414. The van der Waals surface area contributed by atoms with Gasteiger partial charge in [-0.1, -0.05) is 0 Å². The van der Waals surface area contributed by atoms with Crippen LogP contribution in [0.2, 0.25) is 0 Å². The smallest absolute Gasteiger partial charge is 0.234 e. The van der Waals surface area contributed by atoms with Gasteiger partial charge in [0.05, 0.1) is 17.6 Å². The lowest BCUT2D eigenvalue weighted by Gasteiger charge is -2.00. The number of aryl methyl sites for hydroxylation is 1. The van der Waals surface area contributed by atoms with E-state index < -0.39 is 16.9 Å². The maximum Gasteiger partial charge on any atom is 0.234 e. The Labute approximate surface area is 85.0 Å². The Morgan fingerprint density at radius 2 is 2.53 bits per heavy atom. The van der Waals surface area contributed by atoms with Crippen LogP contribution in [0.5, 0.6) is 0 Å². The number of nitro groups is 1. The second kappa shape index (κ2) is 3.34. The third-order valence-corrected chi connectivity index (χ3v) is 2.45. The molecule has 1 aliphatic carbocycles. The first-order valence-electron chi connectivity index (χ1n) is 4.54. The molecule has 15 heavy (non-hydrogen) atoms. The number of carbonyl (C=O) groups is 1. The predicted molar refractivity (Wildman–Crippen MR) is 50.8 cm³/mol. The number of rotatable bonds is 3. The summed E-state index contributed by atoms with van der Waals surface area (Å²) in [5.74, 6) is -0.796. The monoisotopic (exact) mass is 210 g/mol.